The molecule has 1 amide bonds. The number of nitrogens with zero attached hydrogens (tertiary/aromatic N) is 2. The van der Waals surface area contributed by atoms with E-state index >= 15 is 0 Å². The van der Waals surface area contributed by atoms with E-state index in [1.54, 1.807) is 12.3 Å². The molecule has 1 aliphatic rings. The van der Waals surface area contributed by atoms with Crippen LogP contribution in [-0.2, 0) is 4.79 Å². The first-order valence-electron chi connectivity index (χ1n) is 7.00. The number of aliphatic carboxylic acids is 1. The Morgan fingerprint density at radius 2 is 2.25 bits per heavy atom. The summed E-state index contributed by atoms with van der Waals surface area (Å²) in [6, 6.07) is 3.59. The van der Waals surface area contributed by atoms with Gasteiger partial charge in [0.15, 0.2) is 0 Å². The van der Waals surface area contributed by atoms with Crippen molar-refractivity contribution >= 4 is 11.9 Å². The summed E-state index contributed by atoms with van der Waals surface area (Å²) in [5, 5.41) is 9.62. The summed E-state index contributed by atoms with van der Waals surface area (Å²) in [5.41, 5.74) is 0.0757. The minimum absolute atomic E-state index is 0.267. The molecule has 0 aliphatic carbocycles. The number of carboxylic acids is 1. The molecule has 20 heavy (non-hydrogen) atoms. The van der Waals surface area contributed by atoms with E-state index in [4.69, 9.17) is 0 Å². The van der Waals surface area contributed by atoms with Gasteiger partial charge < -0.3 is 10.0 Å². The van der Waals surface area contributed by atoms with Gasteiger partial charge in [-0.05, 0) is 37.8 Å². The monoisotopic (exact) mass is 276 g/mol. The van der Waals surface area contributed by atoms with Crippen molar-refractivity contribution in [3.63, 3.8) is 0 Å². The molecule has 0 saturated carbocycles. The molecule has 0 bridgehead atoms. The topological polar surface area (TPSA) is 70.5 Å². The average molecular weight is 276 g/mol. The van der Waals surface area contributed by atoms with Gasteiger partial charge in [-0.2, -0.15) is 0 Å². The highest BCUT2D eigenvalue weighted by molar-refractivity contribution is 5.97. The van der Waals surface area contributed by atoms with E-state index in [1.807, 2.05) is 19.9 Å². The van der Waals surface area contributed by atoms with E-state index in [2.05, 4.69) is 4.98 Å². The maximum atomic E-state index is 12.7. The largest absolute Gasteiger partial charge is 0.479 e. The summed E-state index contributed by atoms with van der Waals surface area (Å²) in [5.74, 6) is -1.17. The van der Waals surface area contributed by atoms with Crippen molar-refractivity contribution in [1.82, 2.24) is 9.88 Å². The molecule has 5 nitrogen and oxygen atoms in total. The van der Waals surface area contributed by atoms with Gasteiger partial charge in [0.2, 0.25) is 0 Å². The predicted octanol–water partition coefficient (Wildman–Crippen LogP) is 2.25. The molecule has 1 N–H and O–H groups in total. The van der Waals surface area contributed by atoms with E-state index in [9.17, 15) is 14.7 Å². The highest BCUT2D eigenvalue weighted by Crippen LogP contribution is 2.35. The zero-order valence-corrected chi connectivity index (χ0v) is 11.9. The van der Waals surface area contributed by atoms with Gasteiger partial charge >= 0.3 is 5.97 Å². The molecule has 1 unspecified atom stereocenters. The fourth-order valence-corrected chi connectivity index (χ4v) is 3.01. The molecule has 2 rings (SSSR count). The van der Waals surface area contributed by atoms with Crippen LogP contribution < -0.4 is 0 Å². The molecule has 108 valence electrons. The molecule has 1 fully saturated rings. The van der Waals surface area contributed by atoms with Crippen molar-refractivity contribution in [3.05, 3.63) is 29.6 Å². The van der Waals surface area contributed by atoms with Crippen LogP contribution in [0.15, 0.2) is 18.3 Å². The van der Waals surface area contributed by atoms with Gasteiger partial charge in [-0.25, -0.2) is 4.79 Å². The fraction of sp³-hybridized carbons (Fsp3) is 0.533. The molecule has 1 saturated heterocycles. The van der Waals surface area contributed by atoms with Crippen molar-refractivity contribution in [3.8, 4) is 0 Å². The van der Waals surface area contributed by atoms with Crippen LogP contribution in [0.1, 0.15) is 48.7 Å². The second kappa shape index (κ2) is 5.61. The van der Waals surface area contributed by atoms with Gasteiger partial charge in [-0.3, -0.25) is 9.78 Å². The molecular weight excluding hydrogens is 256 g/mol. The quantitative estimate of drug-likeness (QED) is 0.915. The lowest BCUT2D eigenvalue weighted by Crippen LogP contribution is -2.53. The molecule has 0 spiro atoms. The number of carbonyl (C=O) groups excluding carboxylic acids is 1. The van der Waals surface area contributed by atoms with Crippen molar-refractivity contribution in [2.45, 2.75) is 45.1 Å². The Labute approximate surface area is 118 Å². The van der Waals surface area contributed by atoms with Crippen molar-refractivity contribution in [2.24, 2.45) is 0 Å². The van der Waals surface area contributed by atoms with Crippen LogP contribution >= 0.6 is 0 Å². The van der Waals surface area contributed by atoms with Crippen molar-refractivity contribution in [1.29, 1.82) is 0 Å². The summed E-state index contributed by atoms with van der Waals surface area (Å²) in [6.45, 7) is 4.25. The Hall–Kier alpha value is -1.91. The Bertz CT molecular complexity index is 530. The number of carbonyl (C=O) groups is 2. The Balaban J connectivity index is 2.38. The summed E-state index contributed by atoms with van der Waals surface area (Å²) in [6.07, 6.45) is 4.04. The van der Waals surface area contributed by atoms with Crippen molar-refractivity contribution in [2.75, 3.05) is 6.54 Å². The normalized spacial score (nSPS) is 22.0. The van der Waals surface area contributed by atoms with E-state index < -0.39 is 11.5 Å². The molecule has 0 radical (unpaired) electrons. The Morgan fingerprint density at radius 1 is 1.50 bits per heavy atom. The fourth-order valence-electron chi connectivity index (χ4n) is 3.01. The minimum Gasteiger partial charge on any atom is -0.479 e. The lowest BCUT2D eigenvalue weighted by molar-refractivity contribution is -0.148. The van der Waals surface area contributed by atoms with Gasteiger partial charge in [-0.15, -0.1) is 0 Å². The third kappa shape index (κ3) is 2.28. The molecular formula is C15H20N2O3. The van der Waals surface area contributed by atoms with E-state index in [0.29, 0.717) is 25.1 Å². The zero-order chi connectivity index (χ0) is 14.8. The third-order valence-electron chi connectivity index (χ3n) is 4.01. The lowest BCUT2D eigenvalue weighted by atomic mass is 9.90. The highest BCUT2D eigenvalue weighted by atomic mass is 16.4. The second-order valence-electron chi connectivity index (χ2n) is 5.32. The number of hydrogen-bond donors (Lipinski definition) is 1. The molecule has 0 aromatic carbocycles. The first-order valence-corrected chi connectivity index (χ1v) is 7.00. The number of aromatic nitrogens is 1. The molecule has 1 aromatic heterocycles. The SMILES string of the molecule is CCCC1(C(=O)O)CCCN1C(=O)c1ncccc1C. The minimum atomic E-state index is -1.06. The standard InChI is InChI=1S/C15H20N2O3/c1-3-7-15(14(19)20)8-5-10-17(15)13(18)12-11(2)6-4-9-16-12/h4,6,9H,3,5,7-8,10H2,1-2H3,(H,19,20). The number of amides is 1. The van der Waals surface area contributed by atoms with Crippen LogP contribution in [0.25, 0.3) is 0 Å². The van der Waals surface area contributed by atoms with Gasteiger partial charge in [0.1, 0.15) is 11.2 Å². The molecule has 1 aromatic rings. The van der Waals surface area contributed by atoms with Crippen LogP contribution in [-0.4, -0.2) is 39.0 Å². The smallest absolute Gasteiger partial charge is 0.329 e. The molecule has 1 atom stereocenters. The highest BCUT2D eigenvalue weighted by Gasteiger charge is 2.49. The number of pyridine rings is 1. The van der Waals surface area contributed by atoms with E-state index in [0.717, 1.165) is 18.4 Å². The number of rotatable bonds is 4. The van der Waals surface area contributed by atoms with Crippen LogP contribution in [0.4, 0.5) is 0 Å². The number of likely N-dealkylation sites (tertiary alicyclic amines) is 1. The van der Waals surface area contributed by atoms with Gasteiger partial charge in [0.25, 0.3) is 5.91 Å². The summed E-state index contributed by atoms with van der Waals surface area (Å²) >= 11 is 0. The Kier molecular flexibility index (Phi) is 4.06. The van der Waals surface area contributed by atoms with Crippen LogP contribution in [0, 0.1) is 6.92 Å². The summed E-state index contributed by atoms with van der Waals surface area (Å²) < 4.78 is 0. The summed E-state index contributed by atoms with van der Waals surface area (Å²) in [4.78, 5) is 30.0. The maximum Gasteiger partial charge on any atom is 0.329 e. The average Bonchev–Trinajstić information content (AvgIpc) is 2.84. The maximum absolute atomic E-state index is 12.7. The number of hydrogen-bond acceptors (Lipinski definition) is 3. The van der Waals surface area contributed by atoms with Crippen LogP contribution in [0.3, 0.4) is 0 Å². The van der Waals surface area contributed by atoms with Crippen molar-refractivity contribution < 1.29 is 14.7 Å². The first kappa shape index (κ1) is 14.5. The predicted molar refractivity (Wildman–Crippen MR) is 74.5 cm³/mol. The van der Waals surface area contributed by atoms with E-state index in [-0.39, 0.29) is 5.91 Å². The second-order valence-corrected chi connectivity index (χ2v) is 5.32. The zero-order valence-electron chi connectivity index (χ0n) is 11.9. The molecule has 2 heterocycles. The van der Waals surface area contributed by atoms with Gasteiger partial charge in [-0.1, -0.05) is 19.4 Å². The Morgan fingerprint density at radius 3 is 2.85 bits per heavy atom. The van der Waals surface area contributed by atoms with Gasteiger partial charge in [0.05, 0.1) is 0 Å². The third-order valence-corrected chi connectivity index (χ3v) is 4.01. The number of aryl methyl sites for hydroxylation is 1. The van der Waals surface area contributed by atoms with E-state index in [1.165, 1.54) is 4.90 Å². The lowest BCUT2D eigenvalue weighted by Gasteiger charge is -2.34. The first-order chi connectivity index (χ1) is 9.53. The van der Waals surface area contributed by atoms with Crippen LogP contribution in [0.2, 0.25) is 0 Å². The summed E-state index contributed by atoms with van der Waals surface area (Å²) in [7, 11) is 0. The molecule has 1 aliphatic heterocycles. The number of carboxylic acid groups (broad SMARTS) is 1. The van der Waals surface area contributed by atoms with Gasteiger partial charge in [0, 0.05) is 12.7 Å². The molecule has 5 heteroatoms. The van der Waals surface area contributed by atoms with Crippen LogP contribution in [0.5, 0.6) is 0 Å².